The van der Waals surface area contributed by atoms with Gasteiger partial charge in [0.05, 0.1) is 11.0 Å². The molecule has 0 radical (unpaired) electrons. The number of aromatic nitrogens is 1. The van der Waals surface area contributed by atoms with Crippen LogP contribution in [0.1, 0.15) is 15.7 Å². The summed E-state index contributed by atoms with van der Waals surface area (Å²) in [6, 6.07) is 15.6. The second-order valence-corrected chi connectivity index (χ2v) is 9.26. The first-order valence-electron chi connectivity index (χ1n) is 9.28. The number of aromatic amines is 1. The number of hydrazine groups is 1. The van der Waals surface area contributed by atoms with Gasteiger partial charge in [-0.05, 0) is 17.7 Å². The van der Waals surface area contributed by atoms with E-state index in [4.69, 9.17) is 4.74 Å². The Morgan fingerprint density at radius 3 is 2.59 bits per heavy atom. The summed E-state index contributed by atoms with van der Waals surface area (Å²) in [4.78, 5) is 27.4. The molecule has 0 unspecified atom stereocenters. The highest BCUT2D eigenvalue weighted by molar-refractivity contribution is 8.19. The number of hydrogen-bond acceptors (Lipinski definition) is 5. The summed E-state index contributed by atoms with van der Waals surface area (Å²) in [6.45, 7) is -0.160. The van der Waals surface area contributed by atoms with E-state index in [0.717, 1.165) is 33.5 Å². The van der Waals surface area contributed by atoms with Crippen LogP contribution in [0.25, 0.3) is 10.9 Å². The predicted octanol–water partition coefficient (Wildman–Crippen LogP) is 3.42. The molecule has 29 heavy (non-hydrogen) atoms. The number of carbonyl (C=O) groups excluding carboxylic acids is 2. The minimum absolute atomic E-state index is 0.160. The van der Waals surface area contributed by atoms with Crippen molar-refractivity contribution in [3.63, 3.8) is 0 Å². The summed E-state index contributed by atoms with van der Waals surface area (Å²) in [6.07, 6.45) is 1.98. The average molecular weight is 428 g/mol. The lowest BCUT2D eigenvalue weighted by molar-refractivity contribution is -0.129. The minimum Gasteiger partial charge on any atom is -0.483 e. The zero-order valence-corrected chi connectivity index (χ0v) is 17.3. The molecule has 0 spiro atoms. The van der Waals surface area contributed by atoms with Crippen LogP contribution in [0.15, 0.2) is 54.7 Å². The van der Waals surface area contributed by atoms with E-state index in [1.165, 1.54) is 0 Å². The number of para-hydroxylation sites is 2. The molecule has 0 bridgehead atoms. The lowest BCUT2D eigenvalue weighted by Gasteiger charge is -2.15. The summed E-state index contributed by atoms with van der Waals surface area (Å²) >= 11 is 3.77. The molecule has 1 saturated heterocycles. The van der Waals surface area contributed by atoms with Crippen LogP contribution in [0.4, 0.5) is 0 Å². The van der Waals surface area contributed by atoms with Crippen molar-refractivity contribution in [2.45, 2.75) is 11.0 Å². The van der Waals surface area contributed by atoms with Gasteiger partial charge in [-0.25, -0.2) is 0 Å². The maximum atomic E-state index is 12.2. The molecule has 150 valence electrons. The van der Waals surface area contributed by atoms with Crippen LogP contribution < -0.4 is 15.6 Å². The largest absolute Gasteiger partial charge is 0.483 e. The Labute approximate surface area is 177 Å². The molecule has 2 heterocycles. The normalized spacial score (nSPS) is 14.1. The van der Waals surface area contributed by atoms with E-state index in [2.05, 4.69) is 15.8 Å². The van der Waals surface area contributed by atoms with Gasteiger partial charge in [0, 0.05) is 34.2 Å². The van der Waals surface area contributed by atoms with Crippen LogP contribution in [-0.4, -0.2) is 34.9 Å². The quantitative estimate of drug-likeness (QED) is 0.525. The summed E-state index contributed by atoms with van der Waals surface area (Å²) in [7, 11) is 0. The Balaban J connectivity index is 1.27. The molecule has 4 rings (SSSR count). The monoisotopic (exact) mass is 427 g/mol. The molecular formula is C21H21N3O3S2. The number of carbonyl (C=O) groups is 2. The van der Waals surface area contributed by atoms with Crippen molar-refractivity contribution in [1.29, 1.82) is 0 Å². The fourth-order valence-corrected chi connectivity index (χ4v) is 6.07. The Bertz CT molecular complexity index is 1020. The highest BCUT2D eigenvalue weighted by Gasteiger charge is 2.22. The maximum Gasteiger partial charge on any atom is 0.276 e. The number of nitrogens with one attached hydrogen (secondary N) is 3. The molecule has 3 aromatic rings. The molecule has 1 aromatic heterocycles. The van der Waals surface area contributed by atoms with E-state index in [9.17, 15) is 9.59 Å². The topological polar surface area (TPSA) is 83.2 Å². The van der Waals surface area contributed by atoms with Gasteiger partial charge in [-0.1, -0.05) is 36.4 Å². The van der Waals surface area contributed by atoms with Crippen molar-refractivity contribution in [2.75, 3.05) is 18.1 Å². The van der Waals surface area contributed by atoms with Crippen LogP contribution >= 0.6 is 23.5 Å². The third kappa shape index (κ3) is 4.89. The zero-order chi connectivity index (χ0) is 20.1. The number of rotatable bonds is 6. The number of H-pyrrole nitrogens is 1. The van der Waals surface area contributed by atoms with Gasteiger partial charge >= 0.3 is 0 Å². The number of hydrogen-bond donors (Lipinski definition) is 3. The average Bonchev–Trinajstić information content (AvgIpc) is 3.42. The molecule has 1 aliphatic rings. The van der Waals surface area contributed by atoms with E-state index in [-0.39, 0.29) is 18.9 Å². The number of thioether (sulfide) groups is 2. The third-order valence-corrected chi connectivity index (χ3v) is 7.59. The molecular weight excluding hydrogens is 406 g/mol. The minimum atomic E-state index is -0.404. The summed E-state index contributed by atoms with van der Waals surface area (Å²) in [5.41, 5.74) is 7.82. The standard InChI is InChI=1S/C21H21N3O3S2/c25-19(11-14-12-22-17-7-3-1-5-15(14)17)23-24-20(26)13-27-18-8-4-2-6-16(18)21-28-9-10-29-21/h1-8,12,21-22H,9-11,13H2,(H,23,25)(H,24,26). The highest BCUT2D eigenvalue weighted by Crippen LogP contribution is 2.48. The zero-order valence-electron chi connectivity index (χ0n) is 15.6. The van der Waals surface area contributed by atoms with Gasteiger partial charge in [0.25, 0.3) is 5.91 Å². The van der Waals surface area contributed by atoms with E-state index >= 15 is 0 Å². The van der Waals surface area contributed by atoms with Crippen LogP contribution in [0, 0.1) is 0 Å². The Kier molecular flexibility index (Phi) is 6.31. The first kappa shape index (κ1) is 19.7. The van der Waals surface area contributed by atoms with Crippen molar-refractivity contribution in [3.05, 3.63) is 65.9 Å². The van der Waals surface area contributed by atoms with Crippen molar-refractivity contribution in [3.8, 4) is 5.75 Å². The van der Waals surface area contributed by atoms with Gasteiger partial charge in [0.15, 0.2) is 6.61 Å². The summed E-state index contributed by atoms with van der Waals surface area (Å²) in [5, 5.41) is 0.997. The van der Waals surface area contributed by atoms with Crippen LogP contribution in [0.5, 0.6) is 5.75 Å². The van der Waals surface area contributed by atoms with Crippen LogP contribution in [0.2, 0.25) is 0 Å². The van der Waals surface area contributed by atoms with Crippen LogP contribution in [-0.2, 0) is 16.0 Å². The molecule has 1 aliphatic heterocycles. The van der Waals surface area contributed by atoms with Gasteiger partial charge in [0.1, 0.15) is 5.75 Å². The maximum absolute atomic E-state index is 12.2. The van der Waals surface area contributed by atoms with E-state index in [0.29, 0.717) is 10.3 Å². The summed E-state index contributed by atoms with van der Waals surface area (Å²) < 4.78 is 6.05. The molecule has 2 aromatic carbocycles. The highest BCUT2D eigenvalue weighted by atomic mass is 32.2. The predicted molar refractivity (Wildman–Crippen MR) is 118 cm³/mol. The number of benzene rings is 2. The fraction of sp³-hybridized carbons (Fsp3) is 0.238. The van der Waals surface area contributed by atoms with E-state index in [1.807, 2.05) is 78.3 Å². The summed E-state index contributed by atoms with van der Waals surface area (Å²) in [5.74, 6) is 2.25. The fourth-order valence-electron chi connectivity index (χ4n) is 3.16. The molecule has 6 nitrogen and oxygen atoms in total. The van der Waals surface area contributed by atoms with Crippen molar-refractivity contribution < 1.29 is 14.3 Å². The molecule has 0 aliphatic carbocycles. The smallest absolute Gasteiger partial charge is 0.276 e. The van der Waals surface area contributed by atoms with E-state index in [1.54, 1.807) is 0 Å². The van der Waals surface area contributed by atoms with Gasteiger partial charge in [0.2, 0.25) is 5.91 Å². The van der Waals surface area contributed by atoms with Crippen LogP contribution in [0.3, 0.4) is 0 Å². The van der Waals surface area contributed by atoms with Crippen molar-refractivity contribution in [1.82, 2.24) is 15.8 Å². The van der Waals surface area contributed by atoms with Gasteiger partial charge in [-0.2, -0.15) is 0 Å². The Morgan fingerprint density at radius 2 is 1.72 bits per heavy atom. The number of ether oxygens (including phenoxy) is 1. The molecule has 3 N–H and O–H groups in total. The second-order valence-electron chi connectivity index (χ2n) is 6.53. The van der Waals surface area contributed by atoms with Gasteiger partial charge in [-0.3, -0.25) is 20.4 Å². The molecule has 1 fully saturated rings. The van der Waals surface area contributed by atoms with Crippen molar-refractivity contribution >= 4 is 46.2 Å². The third-order valence-electron chi connectivity index (χ3n) is 4.52. The second kappa shape index (κ2) is 9.28. The molecule has 0 saturated carbocycles. The molecule has 8 heteroatoms. The number of amides is 2. The molecule has 2 amide bonds. The SMILES string of the molecule is O=C(COc1ccccc1C1SCCS1)NNC(=O)Cc1c[nH]c2ccccc12. The lowest BCUT2D eigenvalue weighted by atomic mass is 10.1. The van der Waals surface area contributed by atoms with Gasteiger partial charge in [-0.15, -0.1) is 23.5 Å². The number of fused-ring (bicyclic) bond motifs is 1. The Hall–Kier alpha value is -2.58. The first-order chi connectivity index (χ1) is 14.2. The van der Waals surface area contributed by atoms with Crippen molar-refractivity contribution in [2.24, 2.45) is 0 Å². The molecule has 0 atom stereocenters. The van der Waals surface area contributed by atoms with Gasteiger partial charge < -0.3 is 9.72 Å². The van der Waals surface area contributed by atoms with E-state index < -0.39 is 5.91 Å². The first-order valence-corrected chi connectivity index (χ1v) is 11.4. The lowest BCUT2D eigenvalue weighted by Crippen LogP contribution is -2.44. The Morgan fingerprint density at radius 1 is 1.00 bits per heavy atom.